The molecule has 4 aliphatic rings. The number of piperazine rings is 1. The monoisotopic (exact) mass is 622 g/mol. The second-order valence-electron chi connectivity index (χ2n) is 13.2. The first kappa shape index (κ1) is 29.2. The van der Waals surface area contributed by atoms with E-state index in [0.29, 0.717) is 58.9 Å². The number of fused-ring (bicyclic) bond motifs is 5. The highest BCUT2D eigenvalue weighted by Crippen LogP contribution is 2.45. The van der Waals surface area contributed by atoms with Crippen LogP contribution in [0.5, 0.6) is 6.01 Å². The van der Waals surface area contributed by atoms with Crippen molar-refractivity contribution in [1.29, 1.82) is 0 Å². The first-order valence-corrected chi connectivity index (χ1v) is 16.0. The molecule has 10 heteroatoms. The minimum Gasteiger partial charge on any atom is -0.461 e. The molecule has 2 aromatic carbocycles. The van der Waals surface area contributed by atoms with Crippen molar-refractivity contribution >= 4 is 27.5 Å². The zero-order chi connectivity index (χ0) is 31.6. The lowest BCUT2D eigenvalue weighted by Gasteiger charge is -2.35. The Bertz CT molecular complexity index is 1910. The third kappa shape index (κ3) is 4.72. The highest BCUT2D eigenvalue weighted by atomic mass is 19.1. The molecule has 1 N–H and O–H groups in total. The highest BCUT2D eigenvalue weighted by Gasteiger charge is 2.51. The summed E-state index contributed by atoms with van der Waals surface area (Å²) in [5.41, 5.74) is 1.57. The van der Waals surface area contributed by atoms with Gasteiger partial charge in [0.05, 0.1) is 23.1 Å². The van der Waals surface area contributed by atoms with Crippen molar-refractivity contribution in [3.63, 3.8) is 0 Å². The van der Waals surface area contributed by atoms with Crippen molar-refractivity contribution < 1.29 is 18.3 Å². The summed E-state index contributed by atoms with van der Waals surface area (Å²) >= 11 is 0. The summed E-state index contributed by atoms with van der Waals surface area (Å²) in [5, 5.41) is 5.30. The SMILES string of the molecule is C#Cc1c(F)ccc2cccc(-c3ncc4c(N5C[C@H]6CC[C@@H](C5)N6)nc(OC[C@]56CC[C@H](COC)N5CC(=C)C6)nc4c3F)c12. The first-order valence-electron chi connectivity index (χ1n) is 16.0. The number of nitrogens with one attached hydrogen (secondary N) is 1. The smallest absolute Gasteiger partial charge is 0.319 e. The minimum atomic E-state index is -0.626. The fourth-order valence-electron chi connectivity index (χ4n) is 8.32. The van der Waals surface area contributed by atoms with Gasteiger partial charge in [0, 0.05) is 62.0 Å². The van der Waals surface area contributed by atoms with E-state index in [2.05, 4.69) is 37.6 Å². The normalized spacial score (nSPS) is 25.8. The van der Waals surface area contributed by atoms with E-state index in [4.69, 9.17) is 20.9 Å². The van der Waals surface area contributed by atoms with E-state index >= 15 is 4.39 Å². The van der Waals surface area contributed by atoms with E-state index in [1.807, 2.05) is 6.07 Å². The summed E-state index contributed by atoms with van der Waals surface area (Å²) in [7, 11) is 1.73. The van der Waals surface area contributed by atoms with Crippen LogP contribution in [0.3, 0.4) is 0 Å². The van der Waals surface area contributed by atoms with Crippen molar-refractivity contribution in [1.82, 2.24) is 25.2 Å². The Morgan fingerprint density at radius 3 is 2.74 bits per heavy atom. The Balaban J connectivity index is 1.24. The fraction of sp³-hybridized carbons (Fsp3) is 0.417. The van der Waals surface area contributed by atoms with Gasteiger partial charge in [0.2, 0.25) is 0 Å². The molecule has 4 atom stereocenters. The molecule has 0 amide bonds. The summed E-state index contributed by atoms with van der Waals surface area (Å²) < 4.78 is 43.6. The van der Waals surface area contributed by atoms with Crippen LogP contribution in [-0.4, -0.2) is 83.5 Å². The molecule has 4 aromatic rings. The van der Waals surface area contributed by atoms with Crippen LogP contribution >= 0.6 is 0 Å². The van der Waals surface area contributed by atoms with Gasteiger partial charge in [0.15, 0.2) is 5.82 Å². The first-order chi connectivity index (χ1) is 22.4. The molecule has 0 spiro atoms. The van der Waals surface area contributed by atoms with E-state index in [1.165, 1.54) is 11.6 Å². The zero-order valence-corrected chi connectivity index (χ0v) is 25.9. The van der Waals surface area contributed by atoms with Crippen LogP contribution < -0.4 is 15.0 Å². The molecule has 46 heavy (non-hydrogen) atoms. The molecule has 0 radical (unpaired) electrons. The number of terminal acetylenes is 1. The van der Waals surface area contributed by atoms with Crippen molar-refractivity contribution in [2.24, 2.45) is 0 Å². The van der Waals surface area contributed by atoms with Crippen LogP contribution in [0.4, 0.5) is 14.6 Å². The lowest BCUT2D eigenvalue weighted by molar-refractivity contribution is 0.0522. The number of aromatic nitrogens is 3. The maximum Gasteiger partial charge on any atom is 0.319 e. The van der Waals surface area contributed by atoms with E-state index in [1.54, 1.807) is 31.5 Å². The minimum absolute atomic E-state index is 0.0474. The number of pyridine rings is 1. The van der Waals surface area contributed by atoms with Crippen molar-refractivity contribution in [3.8, 4) is 29.6 Å². The number of hydrogen-bond donors (Lipinski definition) is 1. The number of ether oxygens (including phenoxy) is 2. The Morgan fingerprint density at radius 1 is 1.13 bits per heavy atom. The molecular weight excluding hydrogens is 586 g/mol. The Kier molecular flexibility index (Phi) is 7.16. The van der Waals surface area contributed by atoms with Gasteiger partial charge < -0.3 is 19.7 Å². The van der Waals surface area contributed by atoms with Crippen molar-refractivity contribution in [2.45, 2.75) is 55.8 Å². The molecule has 0 saturated carbocycles. The molecule has 0 aliphatic carbocycles. The average molecular weight is 623 g/mol. The predicted molar refractivity (Wildman–Crippen MR) is 174 cm³/mol. The van der Waals surface area contributed by atoms with E-state index in [9.17, 15) is 4.39 Å². The lowest BCUT2D eigenvalue weighted by Crippen LogP contribution is -2.51. The molecule has 2 aromatic heterocycles. The maximum atomic E-state index is 16.8. The van der Waals surface area contributed by atoms with Gasteiger partial charge in [0.25, 0.3) is 0 Å². The van der Waals surface area contributed by atoms with Gasteiger partial charge in [-0.1, -0.05) is 42.3 Å². The predicted octanol–water partition coefficient (Wildman–Crippen LogP) is 5.23. The van der Waals surface area contributed by atoms with E-state index < -0.39 is 11.6 Å². The van der Waals surface area contributed by atoms with Crippen LogP contribution in [0.1, 0.15) is 37.7 Å². The van der Waals surface area contributed by atoms with Crippen LogP contribution in [0.2, 0.25) is 0 Å². The summed E-state index contributed by atoms with van der Waals surface area (Å²) in [5.74, 6) is 1.90. The summed E-state index contributed by atoms with van der Waals surface area (Å²) in [6.07, 6.45) is 12.3. The van der Waals surface area contributed by atoms with Crippen molar-refractivity contribution in [3.05, 3.63) is 65.9 Å². The topological polar surface area (TPSA) is 75.6 Å². The molecule has 8 rings (SSSR count). The van der Waals surface area contributed by atoms with Crippen LogP contribution in [-0.2, 0) is 4.74 Å². The number of nitrogens with zero attached hydrogens (tertiary/aromatic N) is 5. The molecule has 6 heterocycles. The second-order valence-corrected chi connectivity index (χ2v) is 13.2. The van der Waals surface area contributed by atoms with Gasteiger partial charge in [0.1, 0.15) is 29.5 Å². The van der Waals surface area contributed by atoms with Crippen molar-refractivity contribution in [2.75, 3.05) is 44.9 Å². The Labute approximate surface area is 266 Å². The maximum absolute atomic E-state index is 16.8. The Morgan fingerprint density at radius 2 is 1.96 bits per heavy atom. The summed E-state index contributed by atoms with van der Waals surface area (Å²) in [4.78, 5) is 18.8. The molecule has 236 valence electrons. The third-order valence-electron chi connectivity index (χ3n) is 10.3. The van der Waals surface area contributed by atoms with Gasteiger partial charge in [-0.2, -0.15) is 9.97 Å². The molecule has 2 bridgehead atoms. The van der Waals surface area contributed by atoms with E-state index in [0.717, 1.165) is 51.7 Å². The summed E-state index contributed by atoms with van der Waals surface area (Å²) in [6.45, 7) is 7.59. The zero-order valence-electron chi connectivity index (χ0n) is 25.9. The number of benzene rings is 2. The van der Waals surface area contributed by atoms with Gasteiger partial charge in [-0.25, -0.2) is 8.78 Å². The summed E-state index contributed by atoms with van der Waals surface area (Å²) in [6, 6.07) is 9.39. The van der Waals surface area contributed by atoms with Gasteiger partial charge in [-0.3, -0.25) is 9.88 Å². The van der Waals surface area contributed by atoms with E-state index in [-0.39, 0.29) is 28.3 Å². The largest absolute Gasteiger partial charge is 0.461 e. The van der Waals surface area contributed by atoms with Crippen LogP contribution in [0.15, 0.2) is 48.7 Å². The van der Waals surface area contributed by atoms with Gasteiger partial charge in [-0.05, 0) is 43.6 Å². The lowest BCUT2D eigenvalue weighted by atomic mass is 9.94. The molecule has 4 saturated heterocycles. The standard InChI is InChI=1S/C36H36F2N6O2/c1-4-26-29(37)11-8-22-6-5-7-27(30(22)26)32-31(38)33-28(15-39-32)34(43-17-23-9-10-24(18-43)40-23)42-35(41-33)46-20-36-13-12-25(19-45-3)44(36)16-21(2)14-36/h1,5-8,11,15,23-25,40H,2,9-10,12-14,16-20H2,3H3/t23-,24+,25-,36-/m1/s1. The number of halogens is 2. The number of anilines is 1. The van der Waals surface area contributed by atoms with Crippen LogP contribution in [0, 0.1) is 24.0 Å². The Hall–Kier alpha value is -4.17. The third-order valence-corrected chi connectivity index (χ3v) is 10.3. The second kappa shape index (κ2) is 11.3. The molecule has 4 fully saturated rings. The molecule has 8 nitrogen and oxygen atoms in total. The quantitative estimate of drug-likeness (QED) is 0.222. The number of rotatable bonds is 7. The fourth-order valence-corrected chi connectivity index (χ4v) is 8.32. The van der Waals surface area contributed by atoms with Gasteiger partial charge in [-0.15, -0.1) is 6.42 Å². The molecule has 4 aliphatic heterocycles. The van der Waals surface area contributed by atoms with Crippen LogP contribution in [0.25, 0.3) is 32.9 Å². The van der Waals surface area contributed by atoms with Gasteiger partial charge >= 0.3 is 6.01 Å². The highest BCUT2D eigenvalue weighted by molar-refractivity contribution is 6.02. The average Bonchev–Trinajstić information content (AvgIpc) is 3.69. The molecule has 0 unspecified atom stereocenters. The molecular formula is C36H36F2N6O2. The number of hydrogen-bond acceptors (Lipinski definition) is 8. The number of methoxy groups -OCH3 is 1.